The molecule has 0 fully saturated rings. The van der Waals surface area contributed by atoms with Crippen molar-refractivity contribution >= 4 is 39.6 Å². The summed E-state index contributed by atoms with van der Waals surface area (Å²) in [4.78, 5) is 23.5. The third-order valence-electron chi connectivity index (χ3n) is 3.01. The Kier molecular flexibility index (Phi) is 6.57. The first-order valence-electron chi connectivity index (χ1n) is 7.12. The number of rotatable bonds is 6. The van der Waals surface area contributed by atoms with Crippen molar-refractivity contribution in [2.24, 2.45) is 0 Å². The molecule has 0 saturated carbocycles. The predicted octanol–water partition coefficient (Wildman–Crippen LogP) is 3.65. The number of amides is 1. The van der Waals surface area contributed by atoms with Crippen molar-refractivity contribution in [2.45, 2.75) is 0 Å². The number of methoxy groups -OCH3 is 1. The summed E-state index contributed by atoms with van der Waals surface area (Å²) in [5.74, 6) is -0.495. The van der Waals surface area contributed by atoms with E-state index in [-0.39, 0.29) is 6.61 Å². The standard InChI is InChI=1S/C18H16BrNO4/c1-23-16-5-3-2-4-15(16)20-17(21)12-24-18(22)11-8-13-6-9-14(19)10-7-13/h2-11H,12H2,1H3,(H,20,21)/b11-8+. The van der Waals surface area contributed by atoms with Crippen LogP contribution in [0.4, 0.5) is 5.69 Å². The van der Waals surface area contributed by atoms with Gasteiger partial charge in [-0.25, -0.2) is 4.79 Å². The van der Waals surface area contributed by atoms with Crippen molar-refractivity contribution in [3.63, 3.8) is 0 Å². The lowest BCUT2D eigenvalue weighted by molar-refractivity contribution is -0.142. The molecule has 1 amide bonds. The molecule has 2 aromatic carbocycles. The van der Waals surface area contributed by atoms with Gasteiger partial charge in [0.2, 0.25) is 0 Å². The zero-order valence-corrected chi connectivity index (χ0v) is 14.6. The molecule has 0 heterocycles. The van der Waals surface area contributed by atoms with Crippen molar-refractivity contribution in [1.82, 2.24) is 0 Å². The maximum Gasteiger partial charge on any atom is 0.331 e. The highest BCUT2D eigenvalue weighted by Gasteiger charge is 2.08. The average Bonchev–Trinajstić information content (AvgIpc) is 2.60. The first kappa shape index (κ1) is 17.7. The van der Waals surface area contributed by atoms with E-state index in [0.29, 0.717) is 11.4 Å². The quantitative estimate of drug-likeness (QED) is 0.604. The van der Waals surface area contributed by atoms with Gasteiger partial charge < -0.3 is 14.8 Å². The van der Waals surface area contributed by atoms with Crippen LogP contribution < -0.4 is 10.1 Å². The van der Waals surface area contributed by atoms with Crippen LogP contribution in [0.5, 0.6) is 5.75 Å². The van der Waals surface area contributed by atoms with Crippen LogP contribution in [0, 0.1) is 0 Å². The molecule has 0 bridgehead atoms. The Morgan fingerprint density at radius 3 is 2.54 bits per heavy atom. The second kappa shape index (κ2) is 8.88. The molecule has 2 rings (SSSR count). The third kappa shape index (κ3) is 5.55. The zero-order chi connectivity index (χ0) is 17.4. The molecule has 0 aliphatic heterocycles. The summed E-state index contributed by atoms with van der Waals surface area (Å²) in [6, 6.07) is 14.4. The monoisotopic (exact) mass is 389 g/mol. The van der Waals surface area contributed by atoms with Gasteiger partial charge in [0.15, 0.2) is 6.61 Å². The highest BCUT2D eigenvalue weighted by Crippen LogP contribution is 2.22. The van der Waals surface area contributed by atoms with Crippen LogP contribution in [0.3, 0.4) is 0 Å². The molecule has 0 spiro atoms. The maximum absolute atomic E-state index is 11.8. The number of nitrogens with one attached hydrogen (secondary N) is 1. The summed E-state index contributed by atoms with van der Waals surface area (Å²) >= 11 is 3.33. The van der Waals surface area contributed by atoms with Crippen molar-refractivity contribution in [3.8, 4) is 5.75 Å². The number of benzene rings is 2. The molecule has 0 aliphatic rings. The first-order valence-corrected chi connectivity index (χ1v) is 7.91. The van der Waals surface area contributed by atoms with Crippen molar-refractivity contribution in [3.05, 3.63) is 64.6 Å². The molecular formula is C18H16BrNO4. The number of halogens is 1. The fraction of sp³-hybridized carbons (Fsp3) is 0.111. The third-order valence-corrected chi connectivity index (χ3v) is 3.54. The molecule has 5 nitrogen and oxygen atoms in total. The minimum Gasteiger partial charge on any atom is -0.495 e. The van der Waals surface area contributed by atoms with Crippen LogP contribution in [0.15, 0.2) is 59.1 Å². The van der Waals surface area contributed by atoms with Crippen LogP contribution >= 0.6 is 15.9 Å². The van der Waals surface area contributed by atoms with Crippen LogP contribution in [0.25, 0.3) is 6.08 Å². The van der Waals surface area contributed by atoms with Crippen LogP contribution in [0.1, 0.15) is 5.56 Å². The Bertz CT molecular complexity index is 741. The molecule has 0 aromatic heterocycles. The van der Waals surface area contributed by atoms with E-state index in [9.17, 15) is 9.59 Å². The maximum atomic E-state index is 11.8. The number of carbonyl (C=O) groups excluding carboxylic acids is 2. The van der Waals surface area contributed by atoms with Gasteiger partial charge in [-0.2, -0.15) is 0 Å². The van der Waals surface area contributed by atoms with E-state index in [1.807, 2.05) is 24.3 Å². The van der Waals surface area contributed by atoms with E-state index in [0.717, 1.165) is 10.0 Å². The number of esters is 1. The fourth-order valence-corrected chi connectivity index (χ4v) is 2.12. The number of carbonyl (C=O) groups is 2. The predicted molar refractivity (Wildman–Crippen MR) is 95.8 cm³/mol. The van der Waals surface area contributed by atoms with Gasteiger partial charge in [0.1, 0.15) is 5.75 Å². The Hall–Kier alpha value is -2.60. The van der Waals surface area contributed by atoms with E-state index < -0.39 is 11.9 Å². The van der Waals surface area contributed by atoms with Gasteiger partial charge in [-0.05, 0) is 35.9 Å². The van der Waals surface area contributed by atoms with Crippen molar-refractivity contribution < 1.29 is 19.1 Å². The van der Waals surface area contributed by atoms with Gasteiger partial charge >= 0.3 is 5.97 Å². The van der Waals surface area contributed by atoms with E-state index in [1.165, 1.54) is 13.2 Å². The summed E-state index contributed by atoms with van der Waals surface area (Å²) in [7, 11) is 1.51. The number of ether oxygens (including phenoxy) is 2. The summed E-state index contributed by atoms with van der Waals surface area (Å²) in [6.07, 6.45) is 2.90. The molecule has 0 unspecified atom stereocenters. The molecule has 24 heavy (non-hydrogen) atoms. The van der Waals surface area contributed by atoms with Crippen molar-refractivity contribution in [2.75, 3.05) is 19.0 Å². The molecular weight excluding hydrogens is 374 g/mol. The molecule has 0 radical (unpaired) electrons. The molecule has 2 aromatic rings. The van der Waals surface area contributed by atoms with Gasteiger partial charge in [0, 0.05) is 10.5 Å². The molecule has 1 N–H and O–H groups in total. The first-order chi connectivity index (χ1) is 11.6. The smallest absolute Gasteiger partial charge is 0.331 e. The topological polar surface area (TPSA) is 64.6 Å². The van der Waals surface area contributed by atoms with Gasteiger partial charge in [-0.15, -0.1) is 0 Å². The number of hydrogen-bond donors (Lipinski definition) is 1. The Labute approximate surface area is 148 Å². The molecule has 0 atom stereocenters. The van der Waals surface area contributed by atoms with E-state index in [4.69, 9.17) is 9.47 Å². The van der Waals surface area contributed by atoms with Crippen LogP contribution in [0.2, 0.25) is 0 Å². The second-order valence-electron chi connectivity index (χ2n) is 4.74. The van der Waals surface area contributed by atoms with Gasteiger partial charge in [-0.1, -0.05) is 40.2 Å². The second-order valence-corrected chi connectivity index (χ2v) is 5.66. The zero-order valence-electron chi connectivity index (χ0n) is 13.0. The lowest BCUT2D eigenvalue weighted by atomic mass is 10.2. The average molecular weight is 390 g/mol. The summed E-state index contributed by atoms with van der Waals surface area (Å²) in [5.41, 5.74) is 1.38. The van der Waals surface area contributed by atoms with E-state index in [2.05, 4.69) is 21.2 Å². The van der Waals surface area contributed by atoms with E-state index >= 15 is 0 Å². The van der Waals surface area contributed by atoms with Crippen LogP contribution in [-0.4, -0.2) is 25.6 Å². The summed E-state index contributed by atoms with van der Waals surface area (Å²) in [6.45, 7) is -0.373. The largest absolute Gasteiger partial charge is 0.495 e. The summed E-state index contributed by atoms with van der Waals surface area (Å²) in [5, 5.41) is 2.63. The SMILES string of the molecule is COc1ccccc1NC(=O)COC(=O)/C=C/c1ccc(Br)cc1. The Morgan fingerprint density at radius 1 is 1.12 bits per heavy atom. The van der Waals surface area contributed by atoms with E-state index in [1.54, 1.807) is 30.3 Å². The minimum atomic E-state index is -0.590. The van der Waals surface area contributed by atoms with Gasteiger partial charge in [0.05, 0.1) is 12.8 Å². The molecule has 6 heteroatoms. The lowest BCUT2D eigenvalue weighted by Gasteiger charge is -2.09. The molecule has 124 valence electrons. The number of anilines is 1. The Morgan fingerprint density at radius 2 is 1.83 bits per heavy atom. The number of hydrogen-bond acceptors (Lipinski definition) is 4. The van der Waals surface area contributed by atoms with Gasteiger partial charge in [0.25, 0.3) is 5.91 Å². The highest BCUT2D eigenvalue weighted by molar-refractivity contribution is 9.10. The molecule has 0 saturated heterocycles. The summed E-state index contributed by atoms with van der Waals surface area (Å²) < 4.78 is 11.0. The minimum absolute atomic E-state index is 0.373. The fourth-order valence-electron chi connectivity index (χ4n) is 1.86. The lowest BCUT2D eigenvalue weighted by Crippen LogP contribution is -2.20. The Balaban J connectivity index is 1.82. The molecule has 0 aliphatic carbocycles. The number of para-hydroxylation sites is 2. The highest BCUT2D eigenvalue weighted by atomic mass is 79.9. The normalized spacial score (nSPS) is 10.4. The van der Waals surface area contributed by atoms with Crippen LogP contribution in [-0.2, 0) is 14.3 Å². The van der Waals surface area contributed by atoms with Crippen molar-refractivity contribution in [1.29, 1.82) is 0 Å². The van der Waals surface area contributed by atoms with Gasteiger partial charge in [-0.3, -0.25) is 4.79 Å².